The Morgan fingerprint density at radius 2 is 2.31 bits per heavy atom. The van der Waals surface area contributed by atoms with Crippen molar-refractivity contribution in [3.05, 3.63) is 0 Å². The number of hydrogen-bond donors (Lipinski definition) is 1. The smallest absolute Gasteiger partial charge is 0.228 e. The van der Waals surface area contributed by atoms with Gasteiger partial charge in [0.05, 0.1) is 12.5 Å². The van der Waals surface area contributed by atoms with E-state index >= 15 is 0 Å². The van der Waals surface area contributed by atoms with Crippen molar-refractivity contribution in [2.45, 2.75) is 19.8 Å². The van der Waals surface area contributed by atoms with Crippen LogP contribution in [-0.2, 0) is 9.53 Å². The molecule has 1 N–H and O–H groups in total. The van der Waals surface area contributed by atoms with E-state index in [0.717, 1.165) is 45.8 Å². The third-order valence-corrected chi connectivity index (χ3v) is 3.52. The molecule has 92 valence electrons. The van der Waals surface area contributed by atoms with Crippen LogP contribution in [0.2, 0.25) is 0 Å². The molecule has 4 nitrogen and oxygen atoms in total. The van der Waals surface area contributed by atoms with Crippen molar-refractivity contribution in [3.63, 3.8) is 0 Å². The highest BCUT2D eigenvalue weighted by atomic mass is 16.5. The first-order valence-electron chi connectivity index (χ1n) is 6.38. The van der Waals surface area contributed by atoms with E-state index < -0.39 is 0 Å². The molecule has 2 heterocycles. The van der Waals surface area contributed by atoms with E-state index in [1.807, 2.05) is 11.8 Å². The summed E-state index contributed by atoms with van der Waals surface area (Å²) in [5, 5.41) is 3.15. The van der Waals surface area contributed by atoms with E-state index in [4.69, 9.17) is 4.74 Å². The van der Waals surface area contributed by atoms with Gasteiger partial charge in [-0.2, -0.15) is 0 Å². The van der Waals surface area contributed by atoms with E-state index in [-0.39, 0.29) is 5.92 Å². The molecule has 2 aliphatic heterocycles. The number of piperidine rings is 1. The van der Waals surface area contributed by atoms with Gasteiger partial charge in [0.2, 0.25) is 5.91 Å². The van der Waals surface area contributed by atoms with Crippen LogP contribution in [0.15, 0.2) is 0 Å². The van der Waals surface area contributed by atoms with Gasteiger partial charge in [-0.3, -0.25) is 4.79 Å². The Bertz CT molecular complexity index is 241. The SMILES string of the molecule is CCOC[C@@H]1CCCN(C(=O)C2CNC2)C1. The molecule has 0 spiro atoms. The predicted molar refractivity (Wildman–Crippen MR) is 62.2 cm³/mol. The maximum Gasteiger partial charge on any atom is 0.228 e. The third-order valence-electron chi connectivity index (χ3n) is 3.52. The second kappa shape index (κ2) is 5.64. The highest BCUT2D eigenvalue weighted by molar-refractivity contribution is 5.80. The standard InChI is InChI=1S/C12H22N2O2/c1-2-16-9-10-4-3-5-14(8-10)12(15)11-6-13-7-11/h10-11,13H,2-9H2,1H3/t10-/m1/s1. The van der Waals surface area contributed by atoms with Gasteiger partial charge in [-0.1, -0.05) is 0 Å². The molecule has 2 fully saturated rings. The lowest BCUT2D eigenvalue weighted by Crippen LogP contribution is -2.54. The third kappa shape index (κ3) is 2.74. The molecule has 0 saturated carbocycles. The molecule has 0 aliphatic carbocycles. The van der Waals surface area contributed by atoms with Crippen molar-refractivity contribution in [2.75, 3.05) is 39.4 Å². The molecule has 0 unspecified atom stereocenters. The first kappa shape index (κ1) is 11.9. The molecule has 2 rings (SSSR count). The number of likely N-dealkylation sites (tertiary alicyclic amines) is 1. The summed E-state index contributed by atoms with van der Waals surface area (Å²) >= 11 is 0. The van der Waals surface area contributed by atoms with Crippen LogP contribution in [0.3, 0.4) is 0 Å². The number of nitrogens with zero attached hydrogens (tertiary/aromatic N) is 1. The Morgan fingerprint density at radius 3 is 2.94 bits per heavy atom. The highest BCUT2D eigenvalue weighted by Gasteiger charge is 2.31. The first-order chi connectivity index (χ1) is 7.81. The summed E-state index contributed by atoms with van der Waals surface area (Å²) in [5.41, 5.74) is 0. The van der Waals surface area contributed by atoms with Crippen molar-refractivity contribution >= 4 is 5.91 Å². The zero-order chi connectivity index (χ0) is 11.4. The average molecular weight is 226 g/mol. The lowest BCUT2D eigenvalue weighted by molar-refractivity contribution is -0.139. The summed E-state index contributed by atoms with van der Waals surface area (Å²) in [6, 6.07) is 0. The minimum atomic E-state index is 0.242. The summed E-state index contributed by atoms with van der Waals surface area (Å²) in [5.74, 6) is 1.14. The van der Waals surface area contributed by atoms with Crippen molar-refractivity contribution in [1.29, 1.82) is 0 Å². The fourth-order valence-corrected chi connectivity index (χ4v) is 2.41. The van der Waals surface area contributed by atoms with Gasteiger partial charge in [0.25, 0.3) is 0 Å². The maximum atomic E-state index is 12.0. The maximum absolute atomic E-state index is 12.0. The van der Waals surface area contributed by atoms with Gasteiger partial charge in [-0.05, 0) is 25.7 Å². The van der Waals surface area contributed by atoms with Crippen LogP contribution < -0.4 is 5.32 Å². The van der Waals surface area contributed by atoms with Crippen molar-refractivity contribution in [1.82, 2.24) is 10.2 Å². The van der Waals surface area contributed by atoms with Crippen LogP contribution in [0.5, 0.6) is 0 Å². The summed E-state index contributed by atoms with van der Waals surface area (Å²) in [6.07, 6.45) is 2.33. The minimum absolute atomic E-state index is 0.242. The second-order valence-electron chi connectivity index (χ2n) is 4.81. The largest absolute Gasteiger partial charge is 0.381 e. The quantitative estimate of drug-likeness (QED) is 0.758. The zero-order valence-electron chi connectivity index (χ0n) is 10.1. The van der Waals surface area contributed by atoms with E-state index in [1.165, 1.54) is 6.42 Å². The molecule has 0 aromatic rings. The highest BCUT2D eigenvalue weighted by Crippen LogP contribution is 2.19. The molecular weight excluding hydrogens is 204 g/mol. The lowest BCUT2D eigenvalue weighted by Gasteiger charge is -2.37. The van der Waals surface area contributed by atoms with Crippen molar-refractivity contribution in [2.24, 2.45) is 11.8 Å². The summed E-state index contributed by atoms with van der Waals surface area (Å²) < 4.78 is 5.45. The molecule has 2 saturated heterocycles. The summed E-state index contributed by atoms with van der Waals surface area (Å²) in [4.78, 5) is 14.1. The van der Waals surface area contributed by atoms with Crippen LogP contribution >= 0.6 is 0 Å². The molecule has 0 radical (unpaired) electrons. The Morgan fingerprint density at radius 1 is 1.50 bits per heavy atom. The fraction of sp³-hybridized carbons (Fsp3) is 0.917. The Kier molecular flexibility index (Phi) is 4.18. The minimum Gasteiger partial charge on any atom is -0.381 e. The first-order valence-corrected chi connectivity index (χ1v) is 6.38. The molecule has 16 heavy (non-hydrogen) atoms. The zero-order valence-corrected chi connectivity index (χ0v) is 10.1. The molecule has 1 amide bonds. The van der Waals surface area contributed by atoms with E-state index in [1.54, 1.807) is 0 Å². The lowest BCUT2D eigenvalue weighted by atomic mass is 9.95. The van der Waals surface area contributed by atoms with Gasteiger partial charge in [-0.15, -0.1) is 0 Å². The van der Waals surface area contributed by atoms with Gasteiger partial charge in [-0.25, -0.2) is 0 Å². The number of rotatable bonds is 4. The summed E-state index contributed by atoms with van der Waals surface area (Å²) in [6.45, 7) is 7.18. The molecular formula is C12H22N2O2. The molecule has 0 aromatic heterocycles. The monoisotopic (exact) mass is 226 g/mol. The summed E-state index contributed by atoms with van der Waals surface area (Å²) in [7, 11) is 0. The predicted octanol–water partition coefficient (Wildman–Crippen LogP) is 0.481. The molecule has 4 heteroatoms. The Balaban J connectivity index is 1.78. The van der Waals surface area contributed by atoms with Crippen LogP contribution in [0, 0.1) is 11.8 Å². The molecule has 0 aromatic carbocycles. The van der Waals surface area contributed by atoms with E-state index in [2.05, 4.69) is 5.32 Å². The number of carbonyl (C=O) groups is 1. The van der Waals surface area contributed by atoms with Gasteiger partial charge in [0, 0.05) is 32.8 Å². The van der Waals surface area contributed by atoms with Gasteiger partial charge in [0.1, 0.15) is 0 Å². The Hall–Kier alpha value is -0.610. The number of carbonyl (C=O) groups excluding carboxylic acids is 1. The van der Waals surface area contributed by atoms with Gasteiger partial charge >= 0.3 is 0 Å². The van der Waals surface area contributed by atoms with E-state index in [0.29, 0.717) is 11.8 Å². The Labute approximate surface area is 97.3 Å². The number of amides is 1. The van der Waals surface area contributed by atoms with Gasteiger partial charge < -0.3 is 15.0 Å². The van der Waals surface area contributed by atoms with Crippen LogP contribution in [0.25, 0.3) is 0 Å². The van der Waals surface area contributed by atoms with Crippen LogP contribution in [-0.4, -0.2) is 50.2 Å². The van der Waals surface area contributed by atoms with Crippen molar-refractivity contribution < 1.29 is 9.53 Å². The van der Waals surface area contributed by atoms with E-state index in [9.17, 15) is 4.79 Å². The number of hydrogen-bond acceptors (Lipinski definition) is 3. The molecule has 0 bridgehead atoms. The van der Waals surface area contributed by atoms with Gasteiger partial charge in [0.15, 0.2) is 0 Å². The number of nitrogens with one attached hydrogen (secondary N) is 1. The fourth-order valence-electron chi connectivity index (χ4n) is 2.41. The topological polar surface area (TPSA) is 41.6 Å². The van der Waals surface area contributed by atoms with Crippen molar-refractivity contribution in [3.8, 4) is 0 Å². The normalized spacial score (nSPS) is 26.6. The van der Waals surface area contributed by atoms with Crippen LogP contribution in [0.1, 0.15) is 19.8 Å². The number of ether oxygens (including phenoxy) is 1. The van der Waals surface area contributed by atoms with Crippen LogP contribution in [0.4, 0.5) is 0 Å². The molecule has 1 atom stereocenters. The molecule has 2 aliphatic rings. The average Bonchev–Trinajstić information content (AvgIpc) is 2.24. The second-order valence-corrected chi connectivity index (χ2v) is 4.81.